The fourth-order valence-corrected chi connectivity index (χ4v) is 3.05. The molecule has 7 heteroatoms. The molecular weight excluding hydrogens is 359 g/mol. The number of fused-ring (bicyclic) bond motifs is 1. The van der Waals surface area contributed by atoms with Crippen molar-refractivity contribution in [1.82, 2.24) is 0 Å². The first kappa shape index (κ1) is 19.1. The molecule has 3 rings (SSSR count). The second-order valence-electron chi connectivity index (χ2n) is 6.44. The van der Waals surface area contributed by atoms with Gasteiger partial charge >= 0.3 is 6.18 Å². The molecule has 1 N–H and O–H groups in total. The largest absolute Gasteiger partial charge is 0.492 e. The molecule has 0 radical (unpaired) electrons. The molecule has 144 valence electrons. The van der Waals surface area contributed by atoms with E-state index in [-0.39, 0.29) is 18.1 Å². The van der Waals surface area contributed by atoms with Crippen molar-refractivity contribution in [1.29, 1.82) is 0 Å². The number of alkyl halides is 3. The van der Waals surface area contributed by atoms with E-state index < -0.39 is 17.6 Å². The molecule has 1 atom stereocenters. The summed E-state index contributed by atoms with van der Waals surface area (Å²) in [6.07, 6.45) is -3.81. The van der Waals surface area contributed by atoms with Crippen molar-refractivity contribution in [3.63, 3.8) is 0 Å². The van der Waals surface area contributed by atoms with Gasteiger partial charge in [-0.05, 0) is 31.5 Å². The first-order chi connectivity index (χ1) is 12.8. The van der Waals surface area contributed by atoms with Crippen LogP contribution in [0.1, 0.15) is 30.5 Å². The first-order valence-electron chi connectivity index (χ1n) is 8.68. The van der Waals surface area contributed by atoms with Gasteiger partial charge in [0.15, 0.2) is 0 Å². The summed E-state index contributed by atoms with van der Waals surface area (Å²) in [6, 6.07) is 8.29. The summed E-state index contributed by atoms with van der Waals surface area (Å²) in [6.45, 7) is 4.21. The molecule has 1 aliphatic heterocycles. The van der Waals surface area contributed by atoms with E-state index in [1.54, 1.807) is 6.07 Å². The van der Waals surface area contributed by atoms with Crippen LogP contribution in [0.25, 0.3) is 0 Å². The van der Waals surface area contributed by atoms with E-state index in [2.05, 4.69) is 5.32 Å². The monoisotopic (exact) mass is 379 g/mol. The van der Waals surface area contributed by atoms with Gasteiger partial charge in [-0.1, -0.05) is 18.2 Å². The maximum atomic E-state index is 12.8. The molecule has 0 spiro atoms. The number of halogens is 3. The lowest BCUT2D eigenvalue weighted by atomic mass is 10.1. The first-order valence-corrected chi connectivity index (χ1v) is 8.68. The van der Waals surface area contributed by atoms with Gasteiger partial charge in [-0.3, -0.25) is 4.79 Å². The highest BCUT2D eigenvalue weighted by Crippen LogP contribution is 2.38. The Morgan fingerprint density at radius 1 is 1.30 bits per heavy atom. The summed E-state index contributed by atoms with van der Waals surface area (Å²) in [4.78, 5) is 12.4. The topological polar surface area (TPSA) is 47.6 Å². The fourth-order valence-electron chi connectivity index (χ4n) is 3.05. The van der Waals surface area contributed by atoms with Gasteiger partial charge < -0.3 is 14.8 Å². The minimum absolute atomic E-state index is 0.0468. The molecule has 0 unspecified atom stereocenters. The zero-order valence-corrected chi connectivity index (χ0v) is 15.0. The van der Waals surface area contributed by atoms with Crippen molar-refractivity contribution in [2.75, 3.05) is 11.9 Å². The zero-order chi connectivity index (χ0) is 19.6. The Hall–Kier alpha value is -2.70. The predicted octanol–water partition coefficient (Wildman–Crippen LogP) is 4.61. The lowest BCUT2D eigenvalue weighted by molar-refractivity contribution is -0.137. The SMILES string of the molecule is CCOc1cc2c(cc1NC(=O)Cc1cccc(C(F)(F)F)c1)O[C@@H](C)C2. The van der Waals surface area contributed by atoms with E-state index in [0.717, 1.165) is 24.1 Å². The van der Waals surface area contributed by atoms with Crippen molar-refractivity contribution in [2.45, 2.75) is 39.0 Å². The van der Waals surface area contributed by atoms with Gasteiger partial charge in [-0.25, -0.2) is 0 Å². The number of ether oxygens (including phenoxy) is 2. The van der Waals surface area contributed by atoms with Crippen LogP contribution in [0.2, 0.25) is 0 Å². The summed E-state index contributed by atoms with van der Waals surface area (Å²) >= 11 is 0. The Labute approximate surface area is 155 Å². The summed E-state index contributed by atoms with van der Waals surface area (Å²) in [7, 11) is 0. The van der Waals surface area contributed by atoms with Crippen molar-refractivity contribution in [2.24, 2.45) is 0 Å². The van der Waals surface area contributed by atoms with E-state index in [4.69, 9.17) is 9.47 Å². The number of anilines is 1. The Balaban J connectivity index is 1.77. The van der Waals surface area contributed by atoms with Crippen LogP contribution >= 0.6 is 0 Å². The molecule has 1 amide bonds. The van der Waals surface area contributed by atoms with E-state index in [9.17, 15) is 18.0 Å². The smallest absolute Gasteiger partial charge is 0.416 e. The van der Waals surface area contributed by atoms with Gasteiger partial charge in [-0.2, -0.15) is 13.2 Å². The molecule has 27 heavy (non-hydrogen) atoms. The maximum absolute atomic E-state index is 12.8. The molecule has 1 heterocycles. The molecule has 0 aromatic heterocycles. The Kier molecular flexibility index (Phi) is 5.30. The summed E-state index contributed by atoms with van der Waals surface area (Å²) in [5, 5.41) is 2.72. The number of hydrogen-bond donors (Lipinski definition) is 1. The average molecular weight is 379 g/mol. The third-order valence-electron chi connectivity index (χ3n) is 4.19. The lowest BCUT2D eigenvalue weighted by Gasteiger charge is -2.14. The number of hydrogen-bond acceptors (Lipinski definition) is 3. The second kappa shape index (κ2) is 7.50. The Bertz CT molecular complexity index is 849. The van der Waals surface area contributed by atoms with Gasteiger partial charge in [0.25, 0.3) is 0 Å². The highest BCUT2D eigenvalue weighted by molar-refractivity contribution is 5.94. The molecule has 0 bridgehead atoms. The van der Waals surface area contributed by atoms with Crippen LogP contribution in [0, 0.1) is 0 Å². The zero-order valence-electron chi connectivity index (χ0n) is 15.0. The lowest BCUT2D eigenvalue weighted by Crippen LogP contribution is -2.16. The molecule has 0 aliphatic carbocycles. The Morgan fingerprint density at radius 3 is 2.78 bits per heavy atom. The molecule has 4 nitrogen and oxygen atoms in total. The molecule has 1 aliphatic rings. The van der Waals surface area contributed by atoms with Crippen molar-refractivity contribution in [3.05, 3.63) is 53.1 Å². The van der Waals surface area contributed by atoms with Crippen LogP contribution in [0.3, 0.4) is 0 Å². The van der Waals surface area contributed by atoms with Crippen LogP contribution < -0.4 is 14.8 Å². The highest BCUT2D eigenvalue weighted by Gasteiger charge is 2.30. The molecule has 0 saturated carbocycles. The van der Waals surface area contributed by atoms with Gasteiger partial charge in [0.05, 0.1) is 24.3 Å². The number of benzene rings is 2. The summed E-state index contributed by atoms with van der Waals surface area (Å²) in [5.41, 5.74) is 0.956. The number of amides is 1. The number of rotatable bonds is 5. The van der Waals surface area contributed by atoms with Crippen molar-refractivity contribution in [3.8, 4) is 11.5 Å². The molecule has 2 aromatic rings. The summed E-state index contributed by atoms with van der Waals surface area (Å²) in [5.74, 6) is 0.771. The van der Waals surface area contributed by atoms with E-state index >= 15 is 0 Å². The number of nitrogens with one attached hydrogen (secondary N) is 1. The van der Waals surface area contributed by atoms with Crippen molar-refractivity contribution >= 4 is 11.6 Å². The van der Waals surface area contributed by atoms with Crippen LogP contribution in [-0.2, 0) is 23.8 Å². The Morgan fingerprint density at radius 2 is 2.07 bits per heavy atom. The van der Waals surface area contributed by atoms with E-state index in [1.807, 2.05) is 19.9 Å². The van der Waals surface area contributed by atoms with Crippen LogP contribution in [0.4, 0.5) is 18.9 Å². The van der Waals surface area contributed by atoms with Crippen LogP contribution in [0.5, 0.6) is 11.5 Å². The van der Waals surface area contributed by atoms with Gasteiger partial charge in [-0.15, -0.1) is 0 Å². The normalized spacial score (nSPS) is 15.8. The average Bonchev–Trinajstić information content (AvgIpc) is 2.93. The third-order valence-corrected chi connectivity index (χ3v) is 4.19. The minimum Gasteiger partial charge on any atom is -0.492 e. The van der Waals surface area contributed by atoms with Crippen LogP contribution in [0.15, 0.2) is 36.4 Å². The highest BCUT2D eigenvalue weighted by atomic mass is 19.4. The van der Waals surface area contributed by atoms with Crippen LogP contribution in [-0.4, -0.2) is 18.6 Å². The minimum atomic E-state index is -4.44. The predicted molar refractivity (Wildman–Crippen MR) is 95.2 cm³/mol. The molecular formula is C20H20F3NO3. The second-order valence-corrected chi connectivity index (χ2v) is 6.44. The van der Waals surface area contributed by atoms with Gasteiger partial charge in [0.1, 0.15) is 17.6 Å². The van der Waals surface area contributed by atoms with Gasteiger partial charge in [0, 0.05) is 18.1 Å². The van der Waals surface area contributed by atoms with Gasteiger partial charge in [0.2, 0.25) is 5.91 Å². The summed E-state index contributed by atoms with van der Waals surface area (Å²) < 4.78 is 49.7. The standard InChI is InChI=1S/C20H20F3NO3/c1-3-26-18-10-14-7-12(2)27-17(14)11-16(18)24-19(25)9-13-5-4-6-15(8-13)20(21,22)23/h4-6,8,10-12H,3,7,9H2,1-2H3,(H,24,25)/t12-/m0/s1. The number of carbonyl (C=O) groups is 1. The third kappa shape index (κ3) is 4.53. The molecule has 0 fully saturated rings. The van der Waals surface area contributed by atoms with E-state index in [0.29, 0.717) is 23.8 Å². The number of carbonyl (C=O) groups excluding carboxylic acids is 1. The fraction of sp³-hybridized carbons (Fsp3) is 0.350. The maximum Gasteiger partial charge on any atom is 0.416 e. The molecule has 0 saturated heterocycles. The molecule has 2 aromatic carbocycles. The van der Waals surface area contributed by atoms with Crippen molar-refractivity contribution < 1.29 is 27.4 Å². The van der Waals surface area contributed by atoms with E-state index in [1.165, 1.54) is 12.1 Å². The quantitative estimate of drug-likeness (QED) is 0.825.